The highest BCUT2D eigenvalue weighted by atomic mass is 14.0. The van der Waals surface area contributed by atoms with Gasteiger partial charge in [0.1, 0.15) is 0 Å². The summed E-state index contributed by atoms with van der Waals surface area (Å²) in [6.45, 7) is 13.6. The molecule has 0 radical (unpaired) electrons. The Morgan fingerprint density at radius 2 is 0.281 bits per heavy atom. The van der Waals surface area contributed by atoms with E-state index in [-0.39, 0.29) is 12.3 Å². The molecule has 2 heteroatoms. The Morgan fingerprint density at radius 1 is 0.188 bits per heavy atom. The molecule has 0 aromatic rings. The zero-order valence-electron chi connectivity index (χ0n) is 24.4. The SMILES string of the molecule is CCCCCCCCCC.CCCCCCCCCC.CCCCCCCCCC.N.N. The topological polar surface area (TPSA) is 70.0 Å². The van der Waals surface area contributed by atoms with E-state index in [9.17, 15) is 0 Å². The summed E-state index contributed by atoms with van der Waals surface area (Å²) in [5.74, 6) is 0. The van der Waals surface area contributed by atoms with Crippen LogP contribution in [0, 0.1) is 0 Å². The lowest BCUT2D eigenvalue weighted by molar-refractivity contribution is 0.585. The first-order valence-corrected chi connectivity index (χ1v) is 14.7. The first kappa shape index (κ1) is 42.1. The van der Waals surface area contributed by atoms with Gasteiger partial charge in [0.25, 0.3) is 0 Å². The number of rotatable bonds is 21. The van der Waals surface area contributed by atoms with Crippen molar-refractivity contribution in [2.75, 3.05) is 0 Å². The van der Waals surface area contributed by atoms with E-state index in [0.717, 1.165) is 0 Å². The summed E-state index contributed by atoms with van der Waals surface area (Å²) in [5.41, 5.74) is 0. The van der Waals surface area contributed by atoms with E-state index >= 15 is 0 Å². The Morgan fingerprint density at radius 3 is 0.375 bits per heavy atom. The summed E-state index contributed by atoms with van der Waals surface area (Å²) >= 11 is 0. The molecule has 0 spiro atoms. The fraction of sp³-hybridized carbons (Fsp3) is 1.00. The first-order chi connectivity index (χ1) is 14.7. The Labute approximate surface area is 208 Å². The van der Waals surface area contributed by atoms with E-state index in [2.05, 4.69) is 41.5 Å². The molecule has 0 rings (SSSR count). The first-order valence-electron chi connectivity index (χ1n) is 14.7. The standard InChI is InChI=1S/3C10H22.2H3N/c3*1-3-5-7-9-10-8-6-4-2;;/h3*3-10H2,1-2H3;2*1H3. The average molecular weight is 461 g/mol. The maximum absolute atomic E-state index is 2.27. The van der Waals surface area contributed by atoms with E-state index in [1.807, 2.05) is 0 Å². The van der Waals surface area contributed by atoms with Gasteiger partial charge in [-0.25, -0.2) is 0 Å². The summed E-state index contributed by atoms with van der Waals surface area (Å²) in [5, 5.41) is 0. The molecule has 0 unspecified atom stereocenters. The minimum atomic E-state index is 0. The molecular weight excluding hydrogens is 388 g/mol. The average Bonchev–Trinajstić information content (AvgIpc) is 2.77. The van der Waals surface area contributed by atoms with Crippen LogP contribution in [0.4, 0.5) is 0 Å². The van der Waals surface area contributed by atoms with Crippen LogP contribution in [0.15, 0.2) is 0 Å². The summed E-state index contributed by atoms with van der Waals surface area (Å²) in [4.78, 5) is 0. The van der Waals surface area contributed by atoms with Crippen LogP contribution in [0.2, 0.25) is 0 Å². The summed E-state index contributed by atoms with van der Waals surface area (Å²) < 4.78 is 0. The van der Waals surface area contributed by atoms with Gasteiger partial charge in [-0.3, -0.25) is 0 Å². The summed E-state index contributed by atoms with van der Waals surface area (Å²) in [6.07, 6.45) is 34.4. The smallest absolute Gasteiger partial charge is 0.0533 e. The molecule has 0 aliphatic carbocycles. The number of hydrogen-bond acceptors (Lipinski definition) is 2. The molecule has 202 valence electrons. The highest BCUT2D eigenvalue weighted by molar-refractivity contribution is 4.45. The highest BCUT2D eigenvalue weighted by Crippen LogP contribution is 2.09. The monoisotopic (exact) mass is 461 g/mol. The van der Waals surface area contributed by atoms with Gasteiger partial charge in [-0.15, -0.1) is 0 Å². The van der Waals surface area contributed by atoms with Gasteiger partial charge in [-0.05, 0) is 0 Å². The lowest BCUT2D eigenvalue weighted by Gasteiger charge is -1.97. The largest absolute Gasteiger partial charge is 0.344 e. The van der Waals surface area contributed by atoms with Gasteiger partial charge in [-0.2, -0.15) is 0 Å². The lowest BCUT2D eigenvalue weighted by Crippen LogP contribution is -1.77. The second-order valence-corrected chi connectivity index (χ2v) is 9.36. The van der Waals surface area contributed by atoms with E-state index in [1.165, 1.54) is 154 Å². The molecule has 0 heterocycles. The van der Waals surface area contributed by atoms with E-state index < -0.39 is 0 Å². The van der Waals surface area contributed by atoms with Crippen LogP contribution in [0.3, 0.4) is 0 Å². The molecular formula is C30H72N2. The molecule has 0 aliphatic heterocycles. The van der Waals surface area contributed by atoms with E-state index in [4.69, 9.17) is 0 Å². The van der Waals surface area contributed by atoms with Crippen LogP contribution < -0.4 is 12.3 Å². The molecule has 0 saturated heterocycles. The lowest BCUT2D eigenvalue weighted by atomic mass is 10.1. The Kier molecular flexibility index (Phi) is 63.7. The molecule has 32 heavy (non-hydrogen) atoms. The zero-order valence-corrected chi connectivity index (χ0v) is 24.4. The van der Waals surface area contributed by atoms with Gasteiger partial charge >= 0.3 is 0 Å². The van der Waals surface area contributed by atoms with Crippen LogP contribution in [-0.2, 0) is 0 Å². The third-order valence-electron chi connectivity index (χ3n) is 5.87. The maximum Gasteiger partial charge on any atom is -0.0533 e. The molecule has 0 atom stereocenters. The van der Waals surface area contributed by atoms with E-state index in [0.29, 0.717) is 0 Å². The predicted octanol–water partition coefficient (Wildman–Crippen LogP) is 12.8. The van der Waals surface area contributed by atoms with Crippen molar-refractivity contribution in [1.82, 2.24) is 12.3 Å². The predicted molar refractivity (Wildman–Crippen MR) is 155 cm³/mol. The minimum Gasteiger partial charge on any atom is -0.344 e. The fourth-order valence-electron chi connectivity index (χ4n) is 3.62. The molecule has 0 aromatic heterocycles. The maximum atomic E-state index is 2.27. The molecule has 2 nitrogen and oxygen atoms in total. The minimum absolute atomic E-state index is 0. The van der Waals surface area contributed by atoms with Crippen molar-refractivity contribution in [3.05, 3.63) is 0 Å². The normalized spacial score (nSPS) is 9.56. The number of unbranched alkanes of at least 4 members (excludes halogenated alkanes) is 21. The van der Waals surface area contributed by atoms with Crippen LogP contribution in [0.1, 0.15) is 196 Å². The third kappa shape index (κ3) is 57.2. The van der Waals surface area contributed by atoms with E-state index in [1.54, 1.807) is 0 Å². The van der Waals surface area contributed by atoms with Crippen molar-refractivity contribution in [3.8, 4) is 0 Å². The zero-order chi connectivity index (χ0) is 23.0. The van der Waals surface area contributed by atoms with Crippen LogP contribution in [0.25, 0.3) is 0 Å². The van der Waals surface area contributed by atoms with Crippen molar-refractivity contribution in [3.63, 3.8) is 0 Å². The van der Waals surface area contributed by atoms with Gasteiger partial charge in [0.2, 0.25) is 0 Å². The van der Waals surface area contributed by atoms with Gasteiger partial charge in [0, 0.05) is 0 Å². The van der Waals surface area contributed by atoms with Gasteiger partial charge < -0.3 is 12.3 Å². The number of hydrogen-bond donors (Lipinski definition) is 2. The Balaban J connectivity index is -0.000000110. The summed E-state index contributed by atoms with van der Waals surface area (Å²) in [6, 6.07) is 0. The Bertz CT molecular complexity index is 169. The molecule has 0 aliphatic rings. The van der Waals surface area contributed by atoms with Gasteiger partial charge in [0.05, 0.1) is 0 Å². The molecule has 0 bridgehead atoms. The van der Waals surface area contributed by atoms with Gasteiger partial charge in [-0.1, -0.05) is 196 Å². The molecule has 0 saturated carbocycles. The van der Waals surface area contributed by atoms with Crippen LogP contribution in [-0.4, -0.2) is 0 Å². The fourth-order valence-corrected chi connectivity index (χ4v) is 3.62. The van der Waals surface area contributed by atoms with Gasteiger partial charge in [0.15, 0.2) is 0 Å². The second-order valence-electron chi connectivity index (χ2n) is 9.36. The van der Waals surface area contributed by atoms with Crippen molar-refractivity contribution < 1.29 is 0 Å². The quantitative estimate of drug-likeness (QED) is 0.167. The summed E-state index contributed by atoms with van der Waals surface area (Å²) in [7, 11) is 0. The van der Waals surface area contributed by atoms with Crippen molar-refractivity contribution >= 4 is 0 Å². The second kappa shape index (κ2) is 48.4. The van der Waals surface area contributed by atoms with Crippen molar-refractivity contribution in [2.45, 2.75) is 196 Å². The molecule has 0 aromatic carbocycles. The third-order valence-corrected chi connectivity index (χ3v) is 5.87. The molecule has 0 fully saturated rings. The molecule has 0 amide bonds. The Hall–Kier alpha value is -0.0800. The molecule has 6 N–H and O–H groups in total. The highest BCUT2D eigenvalue weighted by Gasteiger charge is 1.89. The van der Waals surface area contributed by atoms with Crippen LogP contribution in [0.5, 0.6) is 0 Å². The van der Waals surface area contributed by atoms with Crippen LogP contribution >= 0.6 is 0 Å². The van der Waals surface area contributed by atoms with Crippen molar-refractivity contribution in [2.24, 2.45) is 0 Å². The van der Waals surface area contributed by atoms with Crippen molar-refractivity contribution in [1.29, 1.82) is 0 Å².